The summed E-state index contributed by atoms with van der Waals surface area (Å²) in [6.07, 6.45) is 2.64. The van der Waals surface area contributed by atoms with Crippen molar-refractivity contribution in [3.63, 3.8) is 0 Å². The van der Waals surface area contributed by atoms with Gasteiger partial charge in [0.15, 0.2) is 0 Å². The maximum atomic E-state index is 12.9. The molecule has 1 heterocycles. The third kappa shape index (κ3) is 5.75. The summed E-state index contributed by atoms with van der Waals surface area (Å²) in [7, 11) is 0. The van der Waals surface area contributed by atoms with E-state index >= 15 is 0 Å². The minimum atomic E-state index is 0.0757. The van der Waals surface area contributed by atoms with E-state index in [-0.39, 0.29) is 17.9 Å². The first kappa shape index (κ1) is 22.1. The Hall–Kier alpha value is -1.55. The van der Waals surface area contributed by atoms with Crippen LogP contribution < -0.4 is 5.32 Å². The van der Waals surface area contributed by atoms with E-state index < -0.39 is 0 Å². The Bertz CT molecular complexity index is 860. The highest BCUT2D eigenvalue weighted by Crippen LogP contribution is 2.26. The third-order valence-electron chi connectivity index (χ3n) is 5.89. The van der Waals surface area contributed by atoms with E-state index in [0.29, 0.717) is 10.0 Å². The van der Waals surface area contributed by atoms with Crippen molar-refractivity contribution in [1.82, 2.24) is 10.2 Å². The summed E-state index contributed by atoms with van der Waals surface area (Å²) in [5.41, 5.74) is 4.80. The molecular weight excluding hydrogens is 403 g/mol. The fourth-order valence-corrected chi connectivity index (χ4v) is 4.62. The summed E-state index contributed by atoms with van der Waals surface area (Å²) in [6, 6.07) is 12.2. The zero-order valence-electron chi connectivity index (χ0n) is 17.5. The molecule has 1 N–H and O–H groups in total. The number of carbonyl (C=O) groups is 1. The van der Waals surface area contributed by atoms with Gasteiger partial charge in [-0.15, -0.1) is 0 Å². The molecule has 1 fully saturated rings. The van der Waals surface area contributed by atoms with Crippen molar-refractivity contribution in [2.75, 3.05) is 13.1 Å². The lowest BCUT2D eigenvalue weighted by Crippen LogP contribution is -2.41. The van der Waals surface area contributed by atoms with E-state index in [1.54, 1.807) is 6.07 Å². The fourth-order valence-electron chi connectivity index (χ4n) is 4.15. The normalized spacial score (nSPS) is 16.6. The summed E-state index contributed by atoms with van der Waals surface area (Å²) in [4.78, 5) is 15.3. The van der Waals surface area contributed by atoms with Crippen LogP contribution in [0.25, 0.3) is 0 Å². The maximum Gasteiger partial charge on any atom is 0.223 e. The van der Waals surface area contributed by atoms with Gasteiger partial charge < -0.3 is 5.32 Å². The van der Waals surface area contributed by atoms with Crippen LogP contribution in [0, 0.1) is 19.8 Å². The second kappa shape index (κ2) is 9.97. The summed E-state index contributed by atoms with van der Waals surface area (Å²) in [5, 5.41) is 4.66. The van der Waals surface area contributed by atoms with Crippen molar-refractivity contribution in [2.24, 2.45) is 5.92 Å². The monoisotopic (exact) mass is 432 g/mol. The molecule has 2 aromatic carbocycles. The highest BCUT2D eigenvalue weighted by atomic mass is 35.5. The van der Waals surface area contributed by atoms with Gasteiger partial charge in [0.2, 0.25) is 5.91 Å². The molecule has 0 aliphatic carbocycles. The molecule has 29 heavy (non-hydrogen) atoms. The molecular formula is C24H30Cl2N2O. The number of benzene rings is 2. The number of likely N-dealkylation sites (tertiary alicyclic amines) is 1. The highest BCUT2D eigenvalue weighted by molar-refractivity contribution is 6.35. The van der Waals surface area contributed by atoms with Crippen molar-refractivity contribution in [1.29, 1.82) is 0 Å². The first-order chi connectivity index (χ1) is 13.9. The van der Waals surface area contributed by atoms with E-state index in [0.717, 1.165) is 44.5 Å². The predicted molar refractivity (Wildman–Crippen MR) is 122 cm³/mol. The Morgan fingerprint density at radius 2 is 1.86 bits per heavy atom. The van der Waals surface area contributed by atoms with Crippen LogP contribution in [0.1, 0.15) is 54.5 Å². The molecule has 5 heteroatoms. The topological polar surface area (TPSA) is 32.3 Å². The van der Waals surface area contributed by atoms with Crippen molar-refractivity contribution >= 4 is 29.1 Å². The molecule has 3 rings (SSSR count). The second-order valence-electron chi connectivity index (χ2n) is 8.12. The molecule has 1 aliphatic heterocycles. The van der Waals surface area contributed by atoms with Crippen LogP contribution in [-0.2, 0) is 11.3 Å². The molecule has 0 bridgehead atoms. The number of hydrogen-bond donors (Lipinski definition) is 1. The number of halogens is 2. The molecule has 0 aromatic heterocycles. The molecule has 1 saturated heterocycles. The van der Waals surface area contributed by atoms with E-state index in [1.165, 1.54) is 16.7 Å². The Morgan fingerprint density at radius 1 is 1.14 bits per heavy atom. The van der Waals surface area contributed by atoms with Gasteiger partial charge in [-0.3, -0.25) is 9.69 Å². The van der Waals surface area contributed by atoms with E-state index in [4.69, 9.17) is 23.2 Å². The Balaban J connectivity index is 1.55. The third-order valence-corrected chi connectivity index (χ3v) is 6.48. The van der Waals surface area contributed by atoms with Crippen molar-refractivity contribution in [3.8, 4) is 0 Å². The van der Waals surface area contributed by atoms with E-state index in [2.05, 4.69) is 49.2 Å². The number of carbonyl (C=O) groups excluding carboxylic acids is 1. The molecule has 0 radical (unpaired) electrons. The van der Waals surface area contributed by atoms with Crippen molar-refractivity contribution < 1.29 is 4.79 Å². The average Bonchev–Trinajstić information content (AvgIpc) is 2.69. The van der Waals surface area contributed by atoms with Crippen LogP contribution in [0.15, 0.2) is 36.4 Å². The minimum Gasteiger partial charge on any atom is -0.349 e. The van der Waals surface area contributed by atoms with Gasteiger partial charge in [0, 0.05) is 22.5 Å². The molecule has 1 amide bonds. The predicted octanol–water partition coefficient (Wildman–Crippen LogP) is 6.09. The molecule has 1 atom stereocenters. The number of nitrogens with zero attached hydrogens (tertiary/aromatic N) is 1. The number of aryl methyl sites for hydroxylation is 2. The second-order valence-corrected chi connectivity index (χ2v) is 8.96. The highest BCUT2D eigenvalue weighted by Gasteiger charge is 2.27. The SMILES string of the molecule is CCC(NC(=O)C1CCN(Cc2ccc(Cl)cc2Cl)CC1)c1ccc(C)cc1C. The lowest BCUT2D eigenvalue weighted by molar-refractivity contribution is -0.127. The molecule has 1 unspecified atom stereocenters. The molecule has 0 spiro atoms. The van der Waals surface area contributed by atoms with Crippen molar-refractivity contribution in [2.45, 2.75) is 52.6 Å². The Morgan fingerprint density at radius 3 is 2.48 bits per heavy atom. The smallest absolute Gasteiger partial charge is 0.223 e. The van der Waals surface area contributed by atoms with Crippen LogP contribution in [0.2, 0.25) is 10.0 Å². The Labute approximate surface area is 184 Å². The van der Waals surface area contributed by atoms with Crippen LogP contribution in [0.3, 0.4) is 0 Å². The van der Waals surface area contributed by atoms with Gasteiger partial charge in [-0.1, -0.05) is 60.0 Å². The van der Waals surface area contributed by atoms with Crippen LogP contribution in [0.5, 0.6) is 0 Å². The molecule has 0 saturated carbocycles. The van der Waals surface area contributed by atoms with E-state index in [9.17, 15) is 4.79 Å². The number of piperidine rings is 1. The first-order valence-electron chi connectivity index (χ1n) is 10.4. The summed E-state index contributed by atoms with van der Waals surface area (Å²) in [6.45, 7) is 8.95. The molecule has 2 aromatic rings. The van der Waals surface area contributed by atoms with Gasteiger partial charge in [-0.05, 0) is 75.0 Å². The summed E-state index contributed by atoms with van der Waals surface area (Å²) >= 11 is 12.3. The van der Waals surface area contributed by atoms with Crippen LogP contribution in [0.4, 0.5) is 0 Å². The van der Waals surface area contributed by atoms with Crippen LogP contribution in [-0.4, -0.2) is 23.9 Å². The zero-order valence-corrected chi connectivity index (χ0v) is 19.0. The van der Waals surface area contributed by atoms with Gasteiger partial charge in [-0.2, -0.15) is 0 Å². The molecule has 3 nitrogen and oxygen atoms in total. The summed E-state index contributed by atoms with van der Waals surface area (Å²) < 4.78 is 0. The van der Waals surface area contributed by atoms with E-state index in [1.807, 2.05) is 12.1 Å². The standard InChI is InChI=1S/C24H30Cl2N2O/c1-4-23(21-8-5-16(2)13-17(21)3)27-24(29)18-9-11-28(12-10-18)15-19-6-7-20(25)14-22(19)26/h5-8,13-14,18,23H,4,9-12,15H2,1-3H3,(H,27,29). The van der Waals surface area contributed by atoms with Gasteiger partial charge in [0.05, 0.1) is 6.04 Å². The van der Waals surface area contributed by atoms with Crippen LogP contribution >= 0.6 is 23.2 Å². The molecule has 1 aliphatic rings. The first-order valence-corrected chi connectivity index (χ1v) is 11.2. The number of rotatable bonds is 6. The average molecular weight is 433 g/mol. The van der Waals surface area contributed by atoms with Gasteiger partial charge in [0.1, 0.15) is 0 Å². The largest absolute Gasteiger partial charge is 0.349 e. The molecule has 156 valence electrons. The van der Waals surface area contributed by atoms with Gasteiger partial charge in [-0.25, -0.2) is 0 Å². The quantitative estimate of drug-likeness (QED) is 0.598. The zero-order chi connectivity index (χ0) is 21.0. The minimum absolute atomic E-state index is 0.0757. The number of hydrogen-bond acceptors (Lipinski definition) is 2. The van der Waals surface area contributed by atoms with Gasteiger partial charge in [0.25, 0.3) is 0 Å². The fraction of sp³-hybridized carbons (Fsp3) is 0.458. The maximum absolute atomic E-state index is 12.9. The summed E-state index contributed by atoms with van der Waals surface area (Å²) in [5.74, 6) is 0.257. The number of amides is 1. The Kier molecular flexibility index (Phi) is 7.61. The van der Waals surface area contributed by atoms with Crippen molar-refractivity contribution in [3.05, 3.63) is 68.7 Å². The number of nitrogens with one attached hydrogen (secondary N) is 1. The van der Waals surface area contributed by atoms with Gasteiger partial charge >= 0.3 is 0 Å². The lowest BCUT2D eigenvalue weighted by Gasteiger charge is -2.32. The lowest BCUT2D eigenvalue weighted by atomic mass is 9.93.